The predicted octanol–water partition coefficient (Wildman–Crippen LogP) is 0.506. The average Bonchev–Trinajstić information content (AvgIpc) is 1.97. The molecule has 58 valence electrons. The van der Waals surface area contributed by atoms with Gasteiger partial charge in [0, 0.05) is 0 Å². The second-order valence-corrected chi connectivity index (χ2v) is 1.58. The molecule has 0 aromatic carbocycles. The molecule has 0 spiro atoms. The maximum absolute atomic E-state index is 3.54. The summed E-state index contributed by atoms with van der Waals surface area (Å²) < 4.78 is 0. The van der Waals surface area contributed by atoms with Crippen molar-refractivity contribution >= 4 is 0 Å². The Labute approximate surface area is 59.8 Å². The van der Waals surface area contributed by atoms with Crippen LogP contribution in [-0.2, 0) is 0 Å². The fraction of sp³-hybridized carbons (Fsp3) is 1.00. The molecule has 0 aromatic rings. The molecular formula is C4H12N6. The van der Waals surface area contributed by atoms with Gasteiger partial charge in [-0.15, -0.1) is 0 Å². The summed E-state index contributed by atoms with van der Waals surface area (Å²) in [4.78, 5) is 0. The molecule has 6 nitrogen and oxygen atoms in total. The first-order chi connectivity index (χ1) is 4.81. The van der Waals surface area contributed by atoms with Gasteiger partial charge in [-0.3, -0.25) is 10.9 Å². The van der Waals surface area contributed by atoms with Crippen LogP contribution in [0, 0.1) is 0 Å². The topological polar surface area (TPSA) is 73.5 Å². The first-order valence-corrected chi connectivity index (χ1v) is 2.90. The molecule has 0 aromatic heterocycles. The summed E-state index contributed by atoms with van der Waals surface area (Å²) in [5, 5.41) is 14.0. The minimum atomic E-state index is -0.0487. The largest absolute Gasteiger partial charge is 0.269 e. The zero-order valence-electron chi connectivity index (χ0n) is 6.37. The van der Waals surface area contributed by atoms with Crippen LogP contribution in [0.3, 0.4) is 0 Å². The molecule has 0 aliphatic carbocycles. The number of hydrogen-bond donors (Lipinski definition) is 2. The lowest BCUT2D eigenvalue weighted by Crippen LogP contribution is -2.32. The van der Waals surface area contributed by atoms with Gasteiger partial charge in [-0.05, 0) is 6.92 Å². The number of rotatable bonds is 4. The van der Waals surface area contributed by atoms with Crippen molar-refractivity contribution < 1.29 is 0 Å². The van der Waals surface area contributed by atoms with Crippen LogP contribution in [0.25, 0.3) is 0 Å². The van der Waals surface area contributed by atoms with Crippen LogP contribution < -0.4 is 10.9 Å². The zero-order valence-corrected chi connectivity index (χ0v) is 6.37. The van der Waals surface area contributed by atoms with Gasteiger partial charge in [0.25, 0.3) is 0 Å². The molecule has 0 bridgehead atoms. The van der Waals surface area contributed by atoms with Gasteiger partial charge >= 0.3 is 0 Å². The third-order valence-corrected chi connectivity index (χ3v) is 0.703. The fourth-order valence-electron chi connectivity index (χ4n) is 0.318. The Morgan fingerprint density at radius 1 is 1.00 bits per heavy atom. The second kappa shape index (κ2) is 5.93. The SMILES string of the molecule is CN=NNC(C)NN=NC. The Morgan fingerprint density at radius 2 is 1.40 bits per heavy atom. The van der Waals surface area contributed by atoms with Crippen LogP contribution in [0.4, 0.5) is 0 Å². The third-order valence-electron chi connectivity index (χ3n) is 0.703. The first-order valence-electron chi connectivity index (χ1n) is 2.90. The molecule has 0 fully saturated rings. The quantitative estimate of drug-likeness (QED) is 0.342. The standard InChI is InChI=1S/C4H12N6/c1-4(7-9-5-2)8-10-6-3/h4H,1-3H3,(H,5,7)(H,6,8). The van der Waals surface area contributed by atoms with Gasteiger partial charge in [0.05, 0.1) is 14.1 Å². The lowest BCUT2D eigenvalue weighted by molar-refractivity contribution is 0.453. The summed E-state index contributed by atoms with van der Waals surface area (Å²) in [6, 6.07) is 0. The summed E-state index contributed by atoms with van der Waals surface area (Å²) in [6.07, 6.45) is -0.0487. The van der Waals surface area contributed by atoms with Gasteiger partial charge in [-0.2, -0.15) is 10.2 Å². The summed E-state index contributed by atoms with van der Waals surface area (Å²) in [7, 11) is 3.17. The summed E-state index contributed by atoms with van der Waals surface area (Å²) in [6.45, 7) is 1.85. The van der Waals surface area contributed by atoms with Crippen molar-refractivity contribution in [3.05, 3.63) is 0 Å². The van der Waals surface area contributed by atoms with E-state index in [1.54, 1.807) is 14.1 Å². The number of nitrogens with one attached hydrogen (secondary N) is 2. The molecular weight excluding hydrogens is 132 g/mol. The van der Waals surface area contributed by atoms with E-state index in [-0.39, 0.29) is 6.17 Å². The van der Waals surface area contributed by atoms with E-state index in [9.17, 15) is 0 Å². The first kappa shape index (κ1) is 8.80. The number of hydrogen-bond acceptors (Lipinski definition) is 4. The van der Waals surface area contributed by atoms with Crippen molar-refractivity contribution in [2.24, 2.45) is 20.7 Å². The molecule has 0 aliphatic heterocycles. The molecule has 0 radical (unpaired) electrons. The van der Waals surface area contributed by atoms with Crippen molar-refractivity contribution in [3.63, 3.8) is 0 Å². The predicted molar refractivity (Wildman–Crippen MR) is 37.3 cm³/mol. The summed E-state index contributed by atoms with van der Waals surface area (Å²) in [5.41, 5.74) is 5.32. The molecule has 0 rings (SSSR count). The van der Waals surface area contributed by atoms with Crippen LogP contribution in [-0.4, -0.2) is 20.3 Å². The van der Waals surface area contributed by atoms with Gasteiger partial charge in [0.1, 0.15) is 6.17 Å². The molecule has 0 aliphatic rings. The lowest BCUT2D eigenvalue weighted by atomic mass is 10.6. The monoisotopic (exact) mass is 144 g/mol. The lowest BCUT2D eigenvalue weighted by Gasteiger charge is -2.06. The Balaban J connectivity index is 3.33. The Hall–Kier alpha value is -1.20. The Morgan fingerprint density at radius 3 is 1.70 bits per heavy atom. The van der Waals surface area contributed by atoms with Crippen molar-refractivity contribution in [2.45, 2.75) is 13.1 Å². The van der Waals surface area contributed by atoms with E-state index in [1.165, 1.54) is 0 Å². The Kier molecular flexibility index (Phi) is 5.22. The highest BCUT2D eigenvalue weighted by molar-refractivity contribution is 4.45. The van der Waals surface area contributed by atoms with Crippen molar-refractivity contribution in [2.75, 3.05) is 14.1 Å². The van der Waals surface area contributed by atoms with Crippen molar-refractivity contribution in [1.82, 2.24) is 10.9 Å². The maximum atomic E-state index is 3.54. The molecule has 0 unspecified atom stereocenters. The van der Waals surface area contributed by atoms with Crippen molar-refractivity contribution in [3.8, 4) is 0 Å². The van der Waals surface area contributed by atoms with Crippen LogP contribution in [0.2, 0.25) is 0 Å². The second-order valence-electron chi connectivity index (χ2n) is 1.58. The zero-order chi connectivity index (χ0) is 7.82. The molecule has 0 heterocycles. The van der Waals surface area contributed by atoms with E-state index in [1.807, 2.05) is 6.92 Å². The van der Waals surface area contributed by atoms with Gasteiger partial charge in [-0.1, -0.05) is 10.4 Å². The molecule has 0 saturated heterocycles. The average molecular weight is 144 g/mol. The smallest absolute Gasteiger partial charge is 0.129 e. The molecule has 0 atom stereocenters. The minimum absolute atomic E-state index is 0.0487. The summed E-state index contributed by atoms with van der Waals surface area (Å²) in [5.74, 6) is 0. The van der Waals surface area contributed by atoms with Gasteiger partial charge in [0.2, 0.25) is 0 Å². The van der Waals surface area contributed by atoms with E-state index < -0.39 is 0 Å². The van der Waals surface area contributed by atoms with Gasteiger partial charge in [-0.25, -0.2) is 0 Å². The normalized spacial score (nSPS) is 14.3. The highest BCUT2D eigenvalue weighted by atomic mass is 15.5. The summed E-state index contributed by atoms with van der Waals surface area (Å²) >= 11 is 0. The Bertz CT molecular complexity index is 105. The maximum Gasteiger partial charge on any atom is 0.129 e. The van der Waals surface area contributed by atoms with E-state index in [2.05, 4.69) is 31.5 Å². The minimum Gasteiger partial charge on any atom is -0.269 e. The van der Waals surface area contributed by atoms with Crippen LogP contribution >= 0.6 is 0 Å². The third kappa shape index (κ3) is 4.95. The number of nitrogens with zero attached hydrogens (tertiary/aromatic N) is 4. The molecule has 0 saturated carbocycles. The van der Waals surface area contributed by atoms with Gasteiger partial charge < -0.3 is 0 Å². The van der Waals surface area contributed by atoms with E-state index in [4.69, 9.17) is 0 Å². The van der Waals surface area contributed by atoms with Crippen LogP contribution in [0.15, 0.2) is 20.7 Å². The van der Waals surface area contributed by atoms with E-state index in [0.29, 0.717) is 0 Å². The van der Waals surface area contributed by atoms with Crippen LogP contribution in [0.5, 0.6) is 0 Å². The highest BCUT2D eigenvalue weighted by Gasteiger charge is 1.92. The molecule has 10 heavy (non-hydrogen) atoms. The van der Waals surface area contributed by atoms with E-state index >= 15 is 0 Å². The fourth-order valence-corrected chi connectivity index (χ4v) is 0.318. The van der Waals surface area contributed by atoms with Crippen molar-refractivity contribution in [1.29, 1.82) is 0 Å². The molecule has 0 amide bonds. The van der Waals surface area contributed by atoms with Gasteiger partial charge in [0.15, 0.2) is 0 Å². The highest BCUT2D eigenvalue weighted by Crippen LogP contribution is 1.74. The molecule has 2 N–H and O–H groups in total. The molecule has 6 heteroatoms. The van der Waals surface area contributed by atoms with Crippen LogP contribution in [0.1, 0.15) is 6.92 Å². The van der Waals surface area contributed by atoms with E-state index in [0.717, 1.165) is 0 Å².